The first-order valence-electron chi connectivity index (χ1n) is 5.76. The van der Waals surface area contributed by atoms with Gasteiger partial charge in [-0.15, -0.1) is 0 Å². The van der Waals surface area contributed by atoms with Crippen molar-refractivity contribution in [3.63, 3.8) is 0 Å². The largest absolute Gasteiger partial charge is 0.316 e. The molecule has 2 rings (SSSR count). The smallest absolute Gasteiger partial charge is 0.140 e. The van der Waals surface area contributed by atoms with Gasteiger partial charge in [0.15, 0.2) is 0 Å². The maximum atomic E-state index is 14.0. The lowest BCUT2D eigenvalue weighted by Crippen LogP contribution is -2.06. The van der Waals surface area contributed by atoms with Gasteiger partial charge < -0.3 is 5.32 Å². The third-order valence-electron chi connectivity index (χ3n) is 2.54. The fourth-order valence-corrected chi connectivity index (χ4v) is 3.04. The Bertz CT molecular complexity index is 612. The minimum atomic E-state index is -0.615. The Balaban J connectivity index is 2.36. The SMILES string of the molecule is CNCc1cc(F)c(Sc2cc(Cl)ccc2Cl)c(F)c1. The Morgan fingerprint density at radius 2 is 1.75 bits per heavy atom. The first-order valence-corrected chi connectivity index (χ1v) is 7.34. The molecule has 106 valence electrons. The number of rotatable bonds is 4. The van der Waals surface area contributed by atoms with E-state index < -0.39 is 11.6 Å². The highest BCUT2D eigenvalue weighted by molar-refractivity contribution is 7.99. The Morgan fingerprint density at radius 3 is 2.35 bits per heavy atom. The summed E-state index contributed by atoms with van der Waals surface area (Å²) in [6, 6.07) is 7.41. The molecule has 0 saturated heterocycles. The Kier molecular flexibility index (Phi) is 5.27. The Morgan fingerprint density at radius 1 is 1.10 bits per heavy atom. The lowest BCUT2D eigenvalue weighted by atomic mass is 10.2. The van der Waals surface area contributed by atoms with E-state index in [1.165, 1.54) is 12.1 Å². The highest BCUT2D eigenvalue weighted by Crippen LogP contribution is 2.37. The van der Waals surface area contributed by atoms with E-state index in [2.05, 4.69) is 5.32 Å². The van der Waals surface area contributed by atoms with Gasteiger partial charge in [-0.05, 0) is 42.9 Å². The summed E-state index contributed by atoms with van der Waals surface area (Å²) in [5.41, 5.74) is 0.545. The van der Waals surface area contributed by atoms with Crippen LogP contribution in [0.5, 0.6) is 0 Å². The van der Waals surface area contributed by atoms with E-state index in [1.54, 1.807) is 25.2 Å². The second-order valence-electron chi connectivity index (χ2n) is 4.10. The summed E-state index contributed by atoms with van der Waals surface area (Å²) >= 11 is 12.8. The van der Waals surface area contributed by atoms with Crippen molar-refractivity contribution in [2.24, 2.45) is 0 Å². The van der Waals surface area contributed by atoms with E-state index in [0.717, 1.165) is 11.8 Å². The van der Waals surface area contributed by atoms with E-state index in [4.69, 9.17) is 23.2 Å². The topological polar surface area (TPSA) is 12.0 Å². The number of halogens is 4. The normalized spacial score (nSPS) is 10.8. The van der Waals surface area contributed by atoms with Crippen molar-refractivity contribution < 1.29 is 8.78 Å². The van der Waals surface area contributed by atoms with Crippen LogP contribution in [0.25, 0.3) is 0 Å². The van der Waals surface area contributed by atoms with Crippen molar-refractivity contribution in [2.45, 2.75) is 16.3 Å². The van der Waals surface area contributed by atoms with Crippen molar-refractivity contribution >= 4 is 35.0 Å². The molecular formula is C14H11Cl2F2NS. The zero-order valence-electron chi connectivity index (χ0n) is 10.5. The van der Waals surface area contributed by atoms with Gasteiger partial charge in [0, 0.05) is 16.5 Å². The highest BCUT2D eigenvalue weighted by atomic mass is 35.5. The van der Waals surface area contributed by atoms with Crippen molar-refractivity contribution in [3.05, 3.63) is 57.6 Å². The van der Waals surface area contributed by atoms with Gasteiger partial charge >= 0.3 is 0 Å². The van der Waals surface area contributed by atoms with Crippen molar-refractivity contribution in [1.29, 1.82) is 0 Å². The molecular weight excluding hydrogens is 323 g/mol. The average molecular weight is 334 g/mol. The van der Waals surface area contributed by atoms with Crippen LogP contribution in [0.4, 0.5) is 8.78 Å². The first kappa shape index (κ1) is 15.6. The quantitative estimate of drug-likeness (QED) is 0.831. The van der Waals surface area contributed by atoms with Crippen molar-refractivity contribution in [1.82, 2.24) is 5.32 Å². The van der Waals surface area contributed by atoms with Gasteiger partial charge in [0.1, 0.15) is 11.6 Å². The molecule has 0 saturated carbocycles. The molecule has 0 aliphatic heterocycles. The molecule has 0 radical (unpaired) electrons. The second-order valence-corrected chi connectivity index (χ2v) is 5.99. The number of benzene rings is 2. The lowest BCUT2D eigenvalue weighted by Gasteiger charge is -2.09. The fourth-order valence-electron chi connectivity index (χ4n) is 1.68. The van der Waals surface area contributed by atoms with Gasteiger partial charge in [-0.3, -0.25) is 0 Å². The van der Waals surface area contributed by atoms with Crippen molar-refractivity contribution in [2.75, 3.05) is 7.05 Å². The summed E-state index contributed by atoms with van der Waals surface area (Å²) in [6.45, 7) is 0.400. The molecule has 0 unspecified atom stereocenters. The van der Waals surface area contributed by atoms with Gasteiger partial charge in [0.05, 0.1) is 9.92 Å². The summed E-state index contributed by atoms with van der Waals surface area (Å²) < 4.78 is 28.0. The minimum absolute atomic E-state index is 0.0889. The van der Waals surface area contributed by atoms with Gasteiger partial charge in [-0.25, -0.2) is 8.78 Å². The molecule has 0 aromatic heterocycles. The molecule has 0 spiro atoms. The predicted molar refractivity (Wildman–Crippen MR) is 79.7 cm³/mol. The predicted octanol–water partition coefficient (Wildman–Crippen LogP) is 5.14. The summed E-state index contributed by atoms with van der Waals surface area (Å²) in [5, 5.41) is 3.71. The highest BCUT2D eigenvalue weighted by Gasteiger charge is 2.14. The Hall–Kier alpha value is -0.810. The van der Waals surface area contributed by atoms with E-state index in [-0.39, 0.29) is 4.90 Å². The Labute approximate surface area is 130 Å². The third-order valence-corrected chi connectivity index (χ3v) is 4.37. The molecule has 1 nitrogen and oxygen atoms in total. The zero-order valence-corrected chi connectivity index (χ0v) is 12.8. The molecule has 2 aromatic rings. The zero-order chi connectivity index (χ0) is 14.7. The summed E-state index contributed by atoms with van der Waals surface area (Å²) in [7, 11) is 1.71. The lowest BCUT2D eigenvalue weighted by molar-refractivity contribution is 0.536. The molecule has 0 fully saturated rings. The second kappa shape index (κ2) is 6.76. The fraction of sp³-hybridized carbons (Fsp3) is 0.143. The molecule has 2 aromatic carbocycles. The molecule has 0 amide bonds. The van der Waals surface area contributed by atoms with Gasteiger partial charge in [0.2, 0.25) is 0 Å². The molecule has 6 heteroatoms. The maximum Gasteiger partial charge on any atom is 0.140 e. The molecule has 0 aliphatic rings. The van der Waals surface area contributed by atoms with Crippen molar-refractivity contribution in [3.8, 4) is 0 Å². The van der Waals surface area contributed by atoms with E-state index in [9.17, 15) is 8.78 Å². The standard InChI is InChI=1S/C14H11Cl2F2NS/c1-19-7-8-4-11(17)14(12(18)5-8)20-13-6-9(15)2-3-10(13)16/h2-6,19H,7H2,1H3. The van der Waals surface area contributed by atoms with Crippen LogP contribution in [0.2, 0.25) is 10.0 Å². The van der Waals surface area contributed by atoms with Crippen LogP contribution < -0.4 is 5.32 Å². The average Bonchev–Trinajstić information content (AvgIpc) is 2.38. The van der Waals surface area contributed by atoms with Crippen LogP contribution in [0.15, 0.2) is 40.1 Å². The van der Waals surface area contributed by atoms with E-state index in [1.807, 2.05) is 0 Å². The third kappa shape index (κ3) is 3.64. The number of nitrogens with one attached hydrogen (secondary N) is 1. The molecule has 0 aliphatic carbocycles. The van der Waals surface area contributed by atoms with E-state index in [0.29, 0.717) is 27.0 Å². The van der Waals surface area contributed by atoms with Crippen LogP contribution in [0.1, 0.15) is 5.56 Å². The first-order chi connectivity index (χ1) is 9.51. The van der Waals surface area contributed by atoms with Crippen LogP contribution in [-0.4, -0.2) is 7.05 Å². The molecule has 0 bridgehead atoms. The van der Waals surface area contributed by atoms with Crippen LogP contribution in [0.3, 0.4) is 0 Å². The van der Waals surface area contributed by atoms with Gasteiger partial charge in [0.25, 0.3) is 0 Å². The number of hydrogen-bond donors (Lipinski definition) is 1. The molecule has 0 heterocycles. The molecule has 0 atom stereocenters. The van der Waals surface area contributed by atoms with Gasteiger partial charge in [-0.1, -0.05) is 35.0 Å². The number of hydrogen-bond acceptors (Lipinski definition) is 2. The maximum absolute atomic E-state index is 14.0. The van der Waals surface area contributed by atoms with Crippen LogP contribution >= 0.6 is 35.0 Å². The summed E-state index contributed by atoms with van der Waals surface area (Å²) in [6.07, 6.45) is 0. The molecule has 20 heavy (non-hydrogen) atoms. The van der Waals surface area contributed by atoms with Crippen LogP contribution in [0, 0.1) is 11.6 Å². The minimum Gasteiger partial charge on any atom is -0.316 e. The van der Waals surface area contributed by atoms with Crippen LogP contribution in [-0.2, 0) is 6.54 Å². The summed E-state index contributed by atoms with van der Waals surface area (Å²) in [5.74, 6) is -1.23. The monoisotopic (exact) mass is 333 g/mol. The summed E-state index contributed by atoms with van der Waals surface area (Å²) in [4.78, 5) is 0.423. The van der Waals surface area contributed by atoms with E-state index >= 15 is 0 Å². The van der Waals surface area contributed by atoms with Gasteiger partial charge in [-0.2, -0.15) is 0 Å². The molecule has 1 N–H and O–H groups in total.